The molecule has 1 N–H and O–H groups in total. The van der Waals surface area contributed by atoms with Crippen LogP contribution in [0.3, 0.4) is 0 Å². The zero-order valence-electron chi connectivity index (χ0n) is 13.0. The van der Waals surface area contributed by atoms with E-state index in [4.69, 9.17) is 11.6 Å². The molecule has 1 aliphatic carbocycles. The molecule has 0 unspecified atom stereocenters. The largest absolute Gasteiger partial charge is 0.346 e. The fourth-order valence-electron chi connectivity index (χ4n) is 3.02. The topological polar surface area (TPSA) is 72.2 Å². The van der Waals surface area contributed by atoms with Crippen molar-refractivity contribution < 1.29 is 9.72 Å². The Balaban J connectivity index is 1.68. The van der Waals surface area contributed by atoms with E-state index < -0.39 is 4.92 Å². The third kappa shape index (κ3) is 3.41. The molecule has 0 bridgehead atoms. The van der Waals surface area contributed by atoms with E-state index in [-0.39, 0.29) is 23.6 Å². The van der Waals surface area contributed by atoms with Crippen LogP contribution in [0.15, 0.2) is 48.5 Å². The maximum atomic E-state index is 12.4. The van der Waals surface area contributed by atoms with Crippen LogP contribution in [0.4, 0.5) is 5.69 Å². The number of halogens is 1. The highest BCUT2D eigenvalue weighted by atomic mass is 35.5. The van der Waals surface area contributed by atoms with E-state index in [2.05, 4.69) is 5.32 Å². The number of nitro benzene ring substituents is 1. The van der Waals surface area contributed by atoms with Crippen molar-refractivity contribution in [1.82, 2.24) is 5.32 Å². The van der Waals surface area contributed by atoms with Crippen molar-refractivity contribution in [3.8, 4) is 0 Å². The van der Waals surface area contributed by atoms with E-state index in [1.165, 1.54) is 12.1 Å². The van der Waals surface area contributed by atoms with Gasteiger partial charge in [-0.05, 0) is 42.5 Å². The van der Waals surface area contributed by atoms with Crippen molar-refractivity contribution in [1.29, 1.82) is 0 Å². The normalized spacial score (nSPS) is 15.4. The van der Waals surface area contributed by atoms with Gasteiger partial charge in [-0.15, -0.1) is 0 Å². The van der Waals surface area contributed by atoms with Gasteiger partial charge in [0.05, 0.1) is 16.9 Å². The number of rotatable bonds is 5. The second kappa shape index (κ2) is 6.61. The Morgan fingerprint density at radius 2 is 1.75 bits per heavy atom. The number of nitrogens with one attached hydrogen (secondary N) is 1. The van der Waals surface area contributed by atoms with Gasteiger partial charge in [-0.25, -0.2) is 0 Å². The first-order valence-corrected chi connectivity index (χ1v) is 8.17. The Morgan fingerprint density at radius 1 is 1.12 bits per heavy atom. The third-order valence-corrected chi connectivity index (χ3v) is 4.75. The first-order valence-electron chi connectivity index (χ1n) is 7.79. The van der Waals surface area contributed by atoms with Crippen molar-refractivity contribution in [2.75, 3.05) is 0 Å². The Morgan fingerprint density at radius 3 is 2.25 bits per heavy atom. The molecule has 2 aromatic rings. The molecule has 0 atom stereocenters. The van der Waals surface area contributed by atoms with Crippen LogP contribution in [-0.4, -0.2) is 10.8 Å². The Bertz CT molecular complexity index is 753. The molecule has 1 amide bonds. The molecule has 5 nitrogen and oxygen atoms in total. The molecular weight excluding hydrogens is 328 g/mol. The quantitative estimate of drug-likeness (QED) is 0.658. The second-order valence-electron chi connectivity index (χ2n) is 6.09. The van der Waals surface area contributed by atoms with Crippen LogP contribution in [0, 0.1) is 10.1 Å². The van der Waals surface area contributed by atoms with E-state index >= 15 is 0 Å². The first-order chi connectivity index (χ1) is 11.5. The van der Waals surface area contributed by atoms with Gasteiger partial charge in [-0.2, -0.15) is 0 Å². The Kier molecular flexibility index (Phi) is 4.53. The highest BCUT2D eigenvalue weighted by Crippen LogP contribution is 2.41. The summed E-state index contributed by atoms with van der Waals surface area (Å²) in [7, 11) is 0. The van der Waals surface area contributed by atoms with E-state index in [9.17, 15) is 14.9 Å². The number of carbonyl (C=O) groups is 1. The lowest BCUT2D eigenvalue weighted by atomic mass is 9.71. The summed E-state index contributed by atoms with van der Waals surface area (Å²) in [6.45, 7) is 0. The number of nitrogens with zero attached hydrogens (tertiary/aromatic N) is 1. The van der Waals surface area contributed by atoms with Gasteiger partial charge in [-0.3, -0.25) is 14.9 Å². The maximum absolute atomic E-state index is 12.4. The van der Waals surface area contributed by atoms with E-state index in [0.717, 1.165) is 30.4 Å². The van der Waals surface area contributed by atoms with Gasteiger partial charge in [0.2, 0.25) is 5.91 Å². The minimum absolute atomic E-state index is 0.0239. The lowest BCUT2D eigenvalue weighted by molar-refractivity contribution is -0.384. The van der Waals surface area contributed by atoms with Crippen LogP contribution in [0.1, 0.15) is 30.4 Å². The summed E-state index contributed by atoms with van der Waals surface area (Å²) in [6.07, 6.45) is 3.08. The number of amides is 1. The summed E-state index contributed by atoms with van der Waals surface area (Å²) in [5.41, 5.74) is 1.53. The third-order valence-electron chi connectivity index (χ3n) is 4.49. The molecule has 0 spiro atoms. The van der Waals surface area contributed by atoms with Gasteiger partial charge < -0.3 is 5.32 Å². The zero-order chi connectivity index (χ0) is 17.2. The summed E-state index contributed by atoms with van der Waals surface area (Å²) >= 11 is 5.94. The minimum Gasteiger partial charge on any atom is -0.346 e. The Hall–Kier alpha value is -2.40. The molecule has 2 aromatic carbocycles. The average Bonchev–Trinajstić information content (AvgIpc) is 2.52. The van der Waals surface area contributed by atoms with Crippen LogP contribution < -0.4 is 5.32 Å². The lowest BCUT2D eigenvalue weighted by Crippen LogP contribution is -2.51. The number of hydrogen-bond acceptors (Lipinski definition) is 3. The predicted molar refractivity (Wildman–Crippen MR) is 91.9 cm³/mol. The standard InChI is InChI=1S/C18H17ClN2O3/c19-15-6-4-14(5-7-15)18(10-1-11-18)20-17(22)12-13-2-8-16(9-3-13)21(23)24/h2-9H,1,10-12H2,(H,20,22). The predicted octanol–water partition coefficient (Wildman–Crippen LogP) is 3.99. The van der Waals surface area contributed by atoms with Crippen molar-refractivity contribution in [3.63, 3.8) is 0 Å². The van der Waals surface area contributed by atoms with Gasteiger partial charge in [0, 0.05) is 17.2 Å². The van der Waals surface area contributed by atoms with E-state index in [1.807, 2.05) is 24.3 Å². The van der Waals surface area contributed by atoms with Crippen LogP contribution in [0.5, 0.6) is 0 Å². The molecule has 24 heavy (non-hydrogen) atoms. The fourth-order valence-corrected chi connectivity index (χ4v) is 3.14. The molecular formula is C18H17ClN2O3. The highest BCUT2D eigenvalue weighted by Gasteiger charge is 2.39. The van der Waals surface area contributed by atoms with Gasteiger partial charge in [0.1, 0.15) is 0 Å². The smallest absolute Gasteiger partial charge is 0.269 e. The van der Waals surface area contributed by atoms with Crippen molar-refractivity contribution in [2.24, 2.45) is 0 Å². The average molecular weight is 345 g/mol. The van der Waals surface area contributed by atoms with Crippen LogP contribution in [0.25, 0.3) is 0 Å². The Labute approximate surface area is 144 Å². The molecule has 0 aromatic heterocycles. The fraction of sp³-hybridized carbons (Fsp3) is 0.278. The van der Waals surface area contributed by atoms with E-state index in [1.54, 1.807) is 12.1 Å². The van der Waals surface area contributed by atoms with Gasteiger partial charge in [0.15, 0.2) is 0 Å². The molecule has 0 aliphatic heterocycles. The molecule has 1 aliphatic rings. The van der Waals surface area contributed by atoms with Gasteiger partial charge in [0.25, 0.3) is 5.69 Å². The monoisotopic (exact) mass is 344 g/mol. The number of hydrogen-bond donors (Lipinski definition) is 1. The summed E-state index contributed by atoms with van der Waals surface area (Å²) in [5, 5.41) is 14.5. The zero-order valence-corrected chi connectivity index (χ0v) is 13.8. The number of non-ortho nitro benzene ring substituents is 1. The molecule has 124 valence electrons. The molecule has 0 heterocycles. The summed E-state index contributed by atoms with van der Waals surface area (Å²) in [5.74, 6) is -0.0847. The maximum Gasteiger partial charge on any atom is 0.269 e. The van der Waals surface area contributed by atoms with Crippen LogP contribution in [0.2, 0.25) is 5.02 Å². The molecule has 1 fully saturated rings. The highest BCUT2D eigenvalue weighted by molar-refractivity contribution is 6.30. The first kappa shape index (κ1) is 16.5. The number of benzene rings is 2. The van der Waals surface area contributed by atoms with Crippen molar-refractivity contribution >= 4 is 23.2 Å². The van der Waals surface area contributed by atoms with Crippen molar-refractivity contribution in [3.05, 3.63) is 74.8 Å². The van der Waals surface area contributed by atoms with E-state index in [0.29, 0.717) is 5.02 Å². The molecule has 0 saturated heterocycles. The summed E-state index contributed by atoms with van der Waals surface area (Å²) < 4.78 is 0. The number of nitro groups is 1. The molecule has 6 heteroatoms. The van der Waals surface area contributed by atoms with Crippen molar-refractivity contribution in [2.45, 2.75) is 31.2 Å². The number of carbonyl (C=O) groups excluding carboxylic acids is 1. The summed E-state index contributed by atoms with van der Waals surface area (Å²) in [4.78, 5) is 22.6. The minimum atomic E-state index is -0.451. The van der Waals surface area contributed by atoms with Crippen LogP contribution >= 0.6 is 11.6 Å². The molecule has 0 radical (unpaired) electrons. The molecule has 3 rings (SSSR count). The molecule has 1 saturated carbocycles. The van der Waals surface area contributed by atoms with Gasteiger partial charge in [-0.1, -0.05) is 35.9 Å². The SMILES string of the molecule is O=C(Cc1ccc([N+](=O)[O-])cc1)NC1(c2ccc(Cl)cc2)CCC1. The summed E-state index contributed by atoms with van der Waals surface area (Å²) in [6, 6.07) is 13.6. The second-order valence-corrected chi connectivity index (χ2v) is 6.53. The van der Waals surface area contributed by atoms with Crippen LogP contribution in [-0.2, 0) is 16.8 Å². The van der Waals surface area contributed by atoms with Gasteiger partial charge >= 0.3 is 0 Å². The lowest BCUT2D eigenvalue weighted by Gasteiger charge is -2.43.